The zero-order chi connectivity index (χ0) is 12.4. The molecule has 0 amide bonds. The van der Waals surface area contributed by atoms with Gasteiger partial charge in [0.05, 0.1) is 28.5 Å². The molecular formula is C11H11Cl2N3O. The van der Waals surface area contributed by atoms with Crippen molar-refractivity contribution in [3.05, 3.63) is 39.9 Å². The summed E-state index contributed by atoms with van der Waals surface area (Å²) in [6, 6.07) is 3.23. The zero-order valence-corrected chi connectivity index (χ0v) is 10.6. The first-order valence-corrected chi connectivity index (χ1v) is 5.74. The van der Waals surface area contributed by atoms with Gasteiger partial charge in [-0.15, -0.1) is 0 Å². The summed E-state index contributed by atoms with van der Waals surface area (Å²) in [5, 5.41) is 13.0. The van der Waals surface area contributed by atoms with Crippen LogP contribution in [0.3, 0.4) is 0 Å². The highest BCUT2D eigenvalue weighted by atomic mass is 35.5. The van der Waals surface area contributed by atoms with Crippen molar-refractivity contribution in [3.8, 4) is 5.75 Å². The highest BCUT2D eigenvalue weighted by Crippen LogP contribution is 2.34. The lowest BCUT2D eigenvalue weighted by molar-refractivity contribution is 0.476. The summed E-state index contributed by atoms with van der Waals surface area (Å²) in [7, 11) is 0. The first kappa shape index (κ1) is 12.1. The van der Waals surface area contributed by atoms with Crippen LogP contribution in [0, 0.1) is 6.92 Å². The van der Waals surface area contributed by atoms with E-state index in [-0.39, 0.29) is 15.8 Å². The van der Waals surface area contributed by atoms with E-state index in [0.29, 0.717) is 6.54 Å². The molecular weight excluding hydrogens is 261 g/mol. The van der Waals surface area contributed by atoms with Crippen LogP contribution in [0.4, 0.5) is 5.69 Å². The molecule has 6 heteroatoms. The number of aromatic nitrogens is 2. The number of benzene rings is 1. The zero-order valence-electron chi connectivity index (χ0n) is 9.09. The van der Waals surface area contributed by atoms with Crippen LogP contribution < -0.4 is 5.32 Å². The van der Waals surface area contributed by atoms with E-state index in [9.17, 15) is 5.11 Å². The Kier molecular flexibility index (Phi) is 3.45. The number of H-pyrrole nitrogens is 1. The van der Waals surface area contributed by atoms with Crippen LogP contribution in [0.5, 0.6) is 5.75 Å². The Morgan fingerprint density at radius 2 is 2.00 bits per heavy atom. The third-order valence-electron chi connectivity index (χ3n) is 2.26. The molecule has 17 heavy (non-hydrogen) atoms. The molecule has 0 aliphatic rings. The second-order valence-corrected chi connectivity index (χ2v) is 4.45. The molecule has 0 aliphatic carbocycles. The van der Waals surface area contributed by atoms with Gasteiger partial charge in [0.1, 0.15) is 5.82 Å². The average molecular weight is 272 g/mol. The summed E-state index contributed by atoms with van der Waals surface area (Å²) in [6.07, 6.45) is 1.76. The van der Waals surface area contributed by atoms with Crippen LogP contribution >= 0.6 is 23.2 Å². The number of rotatable bonds is 3. The molecule has 4 nitrogen and oxygen atoms in total. The Morgan fingerprint density at radius 1 is 1.35 bits per heavy atom. The number of phenolic OH excluding ortho intramolecular Hbond substituents is 1. The minimum Gasteiger partial charge on any atom is -0.505 e. The van der Waals surface area contributed by atoms with Gasteiger partial charge in [-0.1, -0.05) is 23.2 Å². The molecule has 0 saturated heterocycles. The number of imidazole rings is 1. The number of anilines is 1. The third-order valence-corrected chi connectivity index (χ3v) is 2.83. The standard InChI is InChI=1S/C11H11Cl2N3O/c1-6-14-4-8(16-6)5-15-7-2-9(12)11(17)10(13)3-7/h2-4,15,17H,5H2,1H3,(H,14,16). The van der Waals surface area contributed by atoms with Crippen molar-refractivity contribution in [2.75, 3.05) is 5.32 Å². The summed E-state index contributed by atoms with van der Waals surface area (Å²) in [6.45, 7) is 2.47. The lowest BCUT2D eigenvalue weighted by Crippen LogP contribution is -1.99. The fourth-order valence-corrected chi connectivity index (χ4v) is 1.91. The minimum absolute atomic E-state index is 0.101. The quantitative estimate of drug-likeness (QED) is 0.751. The van der Waals surface area contributed by atoms with E-state index in [1.165, 1.54) is 0 Å². The van der Waals surface area contributed by atoms with E-state index in [1.54, 1.807) is 18.3 Å². The van der Waals surface area contributed by atoms with Gasteiger partial charge in [0.2, 0.25) is 0 Å². The Labute approximate surface area is 109 Å². The molecule has 0 bridgehead atoms. The van der Waals surface area contributed by atoms with E-state index >= 15 is 0 Å². The maximum absolute atomic E-state index is 9.41. The molecule has 0 radical (unpaired) electrons. The monoisotopic (exact) mass is 271 g/mol. The van der Waals surface area contributed by atoms with Crippen molar-refractivity contribution in [3.63, 3.8) is 0 Å². The van der Waals surface area contributed by atoms with Crippen LogP contribution in [0.25, 0.3) is 0 Å². The van der Waals surface area contributed by atoms with E-state index in [2.05, 4.69) is 15.3 Å². The summed E-state index contributed by atoms with van der Waals surface area (Å²) in [5.74, 6) is 0.764. The van der Waals surface area contributed by atoms with Crippen LogP contribution in [0.2, 0.25) is 10.0 Å². The van der Waals surface area contributed by atoms with Gasteiger partial charge in [0.25, 0.3) is 0 Å². The van der Waals surface area contributed by atoms with Crippen molar-refractivity contribution in [1.82, 2.24) is 9.97 Å². The van der Waals surface area contributed by atoms with E-state index in [1.807, 2.05) is 6.92 Å². The molecule has 1 aromatic carbocycles. The number of halogens is 2. The Bertz CT molecular complexity index is 516. The average Bonchev–Trinajstić information content (AvgIpc) is 2.69. The normalized spacial score (nSPS) is 10.5. The van der Waals surface area contributed by atoms with Gasteiger partial charge in [0, 0.05) is 5.69 Å². The van der Waals surface area contributed by atoms with Gasteiger partial charge in [-0.25, -0.2) is 4.98 Å². The Morgan fingerprint density at radius 3 is 2.53 bits per heavy atom. The van der Waals surface area contributed by atoms with Crippen LogP contribution in [0.15, 0.2) is 18.3 Å². The number of aromatic amines is 1. The molecule has 2 aromatic rings. The molecule has 0 atom stereocenters. The summed E-state index contributed by atoms with van der Waals surface area (Å²) < 4.78 is 0. The lowest BCUT2D eigenvalue weighted by Gasteiger charge is -2.07. The molecule has 0 spiro atoms. The van der Waals surface area contributed by atoms with Gasteiger partial charge in [-0.3, -0.25) is 0 Å². The van der Waals surface area contributed by atoms with Crippen molar-refractivity contribution in [1.29, 1.82) is 0 Å². The lowest BCUT2D eigenvalue weighted by atomic mass is 10.3. The smallest absolute Gasteiger partial charge is 0.152 e. The molecule has 2 rings (SSSR count). The summed E-state index contributed by atoms with van der Waals surface area (Å²) in [5.41, 5.74) is 1.70. The van der Waals surface area contributed by atoms with Gasteiger partial charge in [-0.05, 0) is 19.1 Å². The first-order valence-electron chi connectivity index (χ1n) is 4.98. The molecule has 1 aromatic heterocycles. The highest BCUT2D eigenvalue weighted by Gasteiger charge is 2.06. The number of hydrogen-bond acceptors (Lipinski definition) is 3. The highest BCUT2D eigenvalue weighted by molar-refractivity contribution is 6.37. The van der Waals surface area contributed by atoms with Crippen molar-refractivity contribution in [2.45, 2.75) is 13.5 Å². The number of nitrogens with zero attached hydrogens (tertiary/aromatic N) is 1. The number of nitrogens with one attached hydrogen (secondary N) is 2. The maximum atomic E-state index is 9.41. The molecule has 0 aliphatic heterocycles. The van der Waals surface area contributed by atoms with Crippen molar-refractivity contribution < 1.29 is 5.11 Å². The van der Waals surface area contributed by atoms with E-state index in [4.69, 9.17) is 23.2 Å². The van der Waals surface area contributed by atoms with Crippen LogP contribution in [-0.4, -0.2) is 15.1 Å². The SMILES string of the molecule is Cc1ncc(CNc2cc(Cl)c(O)c(Cl)c2)[nH]1. The number of hydrogen-bond donors (Lipinski definition) is 3. The topological polar surface area (TPSA) is 60.9 Å². The predicted octanol–water partition coefficient (Wildman–Crippen LogP) is 3.34. The van der Waals surface area contributed by atoms with E-state index in [0.717, 1.165) is 17.2 Å². The summed E-state index contributed by atoms with van der Waals surface area (Å²) in [4.78, 5) is 7.19. The van der Waals surface area contributed by atoms with Gasteiger partial charge in [-0.2, -0.15) is 0 Å². The minimum atomic E-state index is -0.101. The number of aromatic hydroxyl groups is 1. The second-order valence-electron chi connectivity index (χ2n) is 3.64. The molecule has 0 saturated carbocycles. The van der Waals surface area contributed by atoms with Gasteiger partial charge >= 0.3 is 0 Å². The van der Waals surface area contributed by atoms with Gasteiger partial charge < -0.3 is 15.4 Å². The second kappa shape index (κ2) is 4.85. The first-order chi connectivity index (χ1) is 8.06. The molecule has 0 fully saturated rings. The molecule has 1 heterocycles. The Hall–Kier alpha value is -1.39. The predicted molar refractivity (Wildman–Crippen MR) is 68.8 cm³/mol. The largest absolute Gasteiger partial charge is 0.505 e. The fraction of sp³-hybridized carbons (Fsp3) is 0.182. The molecule has 0 unspecified atom stereocenters. The maximum Gasteiger partial charge on any atom is 0.152 e. The third kappa shape index (κ3) is 2.84. The molecule has 3 N–H and O–H groups in total. The number of aryl methyl sites for hydroxylation is 1. The van der Waals surface area contributed by atoms with Gasteiger partial charge in [0.15, 0.2) is 5.75 Å². The van der Waals surface area contributed by atoms with Crippen molar-refractivity contribution >= 4 is 28.9 Å². The van der Waals surface area contributed by atoms with Crippen LogP contribution in [-0.2, 0) is 6.54 Å². The Balaban J connectivity index is 2.09. The van der Waals surface area contributed by atoms with E-state index < -0.39 is 0 Å². The molecule has 90 valence electrons. The fourth-order valence-electron chi connectivity index (χ4n) is 1.43. The van der Waals surface area contributed by atoms with Crippen molar-refractivity contribution in [2.24, 2.45) is 0 Å². The summed E-state index contributed by atoms with van der Waals surface area (Å²) >= 11 is 11.6. The number of phenols is 1. The van der Waals surface area contributed by atoms with Crippen LogP contribution in [0.1, 0.15) is 11.5 Å².